The summed E-state index contributed by atoms with van der Waals surface area (Å²) in [6.45, 7) is 2.47. The van der Waals surface area contributed by atoms with Gasteiger partial charge >= 0.3 is 0 Å². The number of rotatable bonds is 8. The highest BCUT2D eigenvalue weighted by Gasteiger charge is 2.13. The number of amides is 1. The van der Waals surface area contributed by atoms with E-state index in [0.29, 0.717) is 18.0 Å². The Bertz CT molecular complexity index is 739. The highest BCUT2D eigenvalue weighted by Crippen LogP contribution is 2.28. The molecule has 1 amide bonds. The van der Waals surface area contributed by atoms with Crippen molar-refractivity contribution in [2.75, 3.05) is 27.9 Å². The van der Waals surface area contributed by atoms with Crippen LogP contribution in [0.25, 0.3) is 6.08 Å². The van der Waals surface area contributed by atoms with E-state index < -0.39 is 0 Å². The van der Waals surface area contributed by atoms with E-state index in [2.05, 4.69) is 5.32 Å². The topological polar surface area (TPSA) is 56.8 Å². The Labute approximate surface area is 152 Å². The van der Waals surface area contributed by atoms with Crippen LogP contribution >= 0.6 is 11.3 Å². The second-order valence-electron chi connectivity index (χ2n) is 5.37. The number of ether oxygens (including phenoxy) is 3. The summed E-state index contributed by atoms with van der Waals surface area (Å²) < 4.78 is 15.9. The third-order valence-electron chi connectivity index (χ3n) is 3.66. The van der Waals surface area contributed by atoms with Crippen LogP contribution in [0.4, 0.5) is 0 Å². The highest BCUT2D eigenvalue weighted by atomic mass is 32.1. The molecular weight excluding hydrogens is 338 g/mol. The lowest BCUT2D eigenvalue weighted by molar-refractivity contribution is -0.117. The molecule has 1 atom stereocenters. The van der Waals surface area contributed by atoms with Gasteiger partial charge in [0.1, 0.15) is 6.10 Å². The third kappa shape index (κ3) is 5.34. The zero-order chi connectivity index (χ0) is 18.2. The van der Waals surface area contributed by atoms with Crippen molar-refractivity contribution in [2.45, 2.75) is 13.0 Å². The molecule has 0 aliphatic heterocycles. The minimum Gasteiger partial charge on any atom is -0.493 e. The maximum absolute atomic E-state index is 12.0. The average Bonchev–Trinajstić information content (AvgIpc) is 3.06. The number of aryl methyl sites for hydroxylation is 1. The average molecular weight is 361 g/mol. The van der Waals surface area contributed by atoms with Crippen molar-refractivity contribution >= 4 is 23.3 Å². The molecule has 0 bridgehead atoms. The molecule has 0 radical (unpaired) electrons. The van der Waals surface area contributed by atoms with Gasteiger partial charge in [-0.3, -0.25) is 4.79 Å². The van der Waals surface area contributed by atoms with Crippen LogP contribution in [0.2, 0.25) is 0 Å². The number of carbonyl (C=O) groups excluding carboxylic acids is 1. The molecule has 6 heteroatoms. The van der Waals surface area contributed by atoms with Crippen molar-refractivity contribution in [2.24, 2.45) is 0 Å². The minimum atomic E-state index is -0.176. The standard InChI is InChI=1S/C19H23NO4S/c1-13-5-9-18(25-13)17(24-4)12-20-19(21)10-7-14-6-8-15(22-2)16(11-14)23-3/h5-11,17H,12H2,1-4H3,(H,20,21)/b10-7+. The largest absolute Gasteiger partial charge is 0.493 e. The fourth-order valence-electron chi connectivity index (χ4n) is 2.31. The molecule has 0 aliphatic carbocycles. The monoisotopic (exact) mass is 361 g/mol. The van der Waals surface area contributed by atoms with Crippen molar-refractivity contribution < 1.29 is 19.0 Å². The summed E-state index contributed by atoms with van der Waals surface area (Å²) in [4.78, 5) is 14.4. The normalized spacial score (nSPS) is 12.2. The number of methoxy groups -OCH3 is 3. The number of thiophene rings is 1. The van der Waals surface area contributed by atoms with Crippen molar-refractivity contribution in [3.05, 3.63) is 51.7 Å². The van der Waals surface area contributed by atoms with Gasteiger partial charge < -0.3 is 19.5 Å². The molecule has 2 aromatic rings. The molecule has 0 saturated heterocycles. The van der Waals surface area contributed by atoms with Gasteiger partial charge in [0.2, 0.25) is 5.91 Å². The lowest BCUT2D eigenvalue weighted by atomic mass is 10.2. The van der Waals surface area contributed by atoms with Crippen LogP contribution in [0.15, 0.2) is 36.4 Å². The van der Waals surface area contributed by atoms with Gasteiger partial charge in [-0.15, -0.1) is 11.3 Å². The van der Waals surface area contributed by atoms with Crippen LogP contribution in [0, 0.1) is 6.92 Å². The molecule has 0 aliphatic rings. The number of nitrogens with one attached hydrogen (secondary N) is 1. The summed E-state index contributed by atoms with van der Waals surface area (Å²) in [7, 11) is 4.81. The minimum absolute atomic E-state index is 0.142. The summed E-state index contributed by atoms with van der Waals surface area (Å²) in [6, 6.07) is 9.55. The van der Waals surface area contributed by atoms with Gasteiger partial charge in [-0.1, -0.05) is 6.07 Å². The molecule has 2 rings (SSSR count). The Morgan fingerprint density at radius 2 is 1.92 bits per heavy atom. The Kier molecular flexibility index (Phi) is 7.03. The van der Waals surface area contributed by atoms with Crippen LogP contribution in [-0.4, -0.2) is 33.8 Å². The first-order valence-electron chi connectivity index (χ1n) is 7.84. The van der Waals surface area contributed by atoms with Gasteiger partial charge in [-0.05, 0) is 42.8 Å². The van der Waals surface area contributed by atoms with Crippen molar-refractivity contribution in [3.63, 3.8) is 0 Å². The fraction of sp³-hybridized carbons (Fsp3) is 0.316. The summed E-state index contributed by atoms with van der Waals surface area (Å²) in [5.41, 5.74) is 0.852. The van der Waals surface area contributed by atoms with E-state index in [-0.39, 0.29) is 12.0 Å². The Hall–Kier alpha value is -2.31. The molecule has 5 nitrogen and oxygen atoms in total. The molecular formula is C19H23NO4S. The quantitative estimate of drug-likeness (QED) is 0.730. The van der Waals surface area contributed by atoms with Crippen molar-refractivity contribution in [1.82, 2.24) is 5.32 Å². The zero-order valence-corrected chi connectivity index (χ0v) is 15.7. The second-order valence-corrected chi connectivity index (χ2v) is 6.69. The van der Waals surface area contributed by atoms with Gasteiger partial charge in [0, 0.05) is 29.5 Å². The number of benzene rings is 1. The van der Waals surface area contributed by atoms with E-state index in [9.17, 15) is 4.79 Å². The van der Waals surface area contributed by atoms with Crippen molar-refractivity contribution in [1.29, 1.82) is 0 Å². The smallest absolute Gasteiger partial charge is 0.244 e. The molecule has 1 aromatic carbocycles. The van der Waals surface area contributed by atoms with Crippen LogP contribution in [-0.2, 0) is 9.53 Å². The Balaban J connectivity index is 1.94. The molecule has 0 saturated carbocycles. The van der Waals surface area contributed by atoms with E-state index in [4.69, 9.17) is 14.2 Å². The van der Waals surface area contributed by atoms with Gasteiger partial charge in [-0.2, -0.15) is 0 Å². The van der Waals surface area contributed by atoms with E-state index >= 15 is 0 Å². The lowest BCUT2D eigenvalue weighted by Gasteiger charge is -2.13. The van der Waals surface area contributed by atoms with Gasteiger partial charge in [0.25, 0.3) is 0 Å². The molecule has 0 fully saturated rings. The SMILES string of the molecule is COc1ccc(/C=C/C(=O)NCC(OC)c2ccc(C)s2)cc1OC. The summed E-state index contributed by atoms with van der Waals surface area (Å²) in [6.07, 6.45) is 3.08. The van der Waals surface area contributed by atoms with Gasteiger partial charge in [0.05, 0.1) is 14.2 Å². The predicted molar refractivity (Wildman–Crippen MR) is 100 cm³/mol. The van der Waals surface area contributed by atoms with Crippen molar-refractivity contribution in [3.8, 4) is 11.5 Å². The van der Waals surface area contributed by atoms with Gasteiger partial charge in [0.15, 0.2) is 11.5 Å². The number of hydrogen-bond donors (Lipinski definition) is 1. The van der Waals surface area contributed by atoms with E-state index in [1.165, 1.54) is 11.0 Å². The second kappa shape index (κ2) is 9.25. The van der Waals surface area contributed by atoms with E-state index in [0.717, 1.165) is 10.4 Å². The Morgan fingerprint density at radius 1 is 1.16 bits per heavy atom. The molecule has 1 heterocycles. The van der Waals surface area contributed by atoms with Crippen LogP contribution in [0.3, 0.4) is 0 Å². The molecule has 1 N–H and O–H groups in total. The van der Waals surface area contributed by atoms with Crippen LogP contribution in [0.5, 0.6) is 11.5 Å². The lowest BCUT2D eigenvalue weighted by Crippen LogP contribution is -2.27. The maximum Gasteiger partial charge on any atom is 0.244 e. The fourth-order valence-corrected chi connectivity index (χ4v) is 3.26. The first-order valence-corrected chi connectivity index (χ1v) is 8.66. The predicted octanol–water partition coefficient (Wildman–Crippen LogP) is 3.59. The first kappa shape index (κ1) is 19.0. The van der Waals surface area contributed by atoms with Crippen LogP contribution < -0.4 is 14.8 Å². The molecule has 134 valence electrons. The van der Waals surface area contributed by atoms with Gasteiger partial charge in [-0.25, -0.2) is 0 Å². The Morgan fingerprint density at radius 3 is 2.52 bits per heavy atom. The number of hydrogen-bond acceptors (Lipinski definition) is 5. The third-order valence-corrected chi connectivity index (χ3v) is 4.75. The summed E-state index contributed by atoms with van der Waals surface area (Å²) in [5.74, 6) is 1.10. The van der Waals surface area contributed by atoms with E-state index in [1.807, 2.05) is 31.2 Å². The zero-order valence-electron chi connectivity index (χ0n) is 14.9. The maximum atomic E-state index is 12.0. The highest BCUT2D eigenvalue weighted by molar-refractivity contribution is 7.12. The first-order chi connectivity index (χ1) is 12.1. The summed E-state index contributed by atoms with van der Waals surface area (Å²) >= 11 is 1.67. The molecule has 25 heavy (non-hydrogen) atoms. The molecule has 0 spiro atoms. The molecule has 1 unspecified atom stereocenters. The summed E-state index contributed by atoms with van der Waals surface area (Å²) in [5, 5.41) is 2.86. The number of carbonyl (C=O) groups is 1. The van der Waals surface area contributed by atoms with Crippen LogP contribution in [0.1, 0.15) is 21.4 Å². The van der Waals surface area contributed by atoms with E-state index in [1.54, 1.807) is 44.8 Å². The molecule has 1 aromatic heterocycles.